The molecule has 2 atom stereocenters. The van der Waals surface area contributed by atoms with Crippen molar-refractivity contribution in [2.24, 2.45) is 0 Å². The van der Waals surface area contributed by atoms with Crippen molar-refractivity contribution >= 4 is 0 Å². The number of rotatable bonds is 5. The Balaban J connectivity index is 1.94. The quantitative estimate of drug-likeness (QED) is 0.863. The largest absolute Gasteiger partial charge is 0.374 e. The Bertz CT molecular complexity index is 336. The van der Waals surface area contributed by atoms with E-state index in [0.717, 1.165) is 32.7 Å². The molecule has 2 unspecified atom stereocenters. The molecule has 0 aliphatic carbocycles. The Kier molecular flexibility index (Phi) is 5.17. The van der Waals surface area contributed by atoms with Crippen LogP contribution in [0.2, 0.25) is 0 Å². The lowest BCUT2D eigenvalue weighted by Crippen LogP contribution is -2.45. The second-order valence-corrected chi connectivity index (χ2v) is 4.97. The van der Waals surface area contributed by atoms with Crippen molar-refractivity contribution in [2.45, 2.75) is 25.5 Å². The van der Waals surface area contributed by atoms with E-state index in [2.05, 4.69) is 54.5 Å². The van der Waals surface area contributed by atoms with Gasteiger partial charge in [-0.3, -0.25) is 4.90 Å². The lowest BCUT2D eigenvalue weighted by atomic mass is 10.0. The number of ether oxygens (including phenoxy) is 1. The van der Waals surface area contributed by atoms with E-state index in [9.17, 15) is 0 Å². The van der Waals surface area contributed by atoms with E-state index in [-0.39, 0.29) is 0 Å². The highest BCUT2D eigenvalue weighted by Crippen LogP contribution is 2.22. The van der Waals surface area contributed by atoms with E-state index in [0.29, 0.717) is 12.1 Å². The minimum absolute atomic E-state index is 0.321. The molecular weight excluding hydrogens is 224 g/mol. The number of hydrogen-bond donors (Lipinski definition) is 1. The summed E-state index contributed by atoms with van der Waals surface area (Å²) in [5.74, 6) is 0. The fourth-order valence-electron chi connectivity index (χ4n) is 2.66. The summed E-state index contributed by atoms with van der Waals surface area (Å²) in [4.78, 5) is 2.41. The van der Waals surface area contributed by atoms with Crippen LogP contribution in [0.15, 0.2) is 30.3 Å². The monoisotopic (exact) mass is 248 g/mol. The van der Waals surface area contributed by atoms with Gasteiger partial charge in [-0.15, -0.1) is 0 Å². The average Bonchev–Trinajstić information content (AvgIpc) is 2.42. The maximum Gasteiger partial charge on any atom is 0.0826 e. The first kappa shape index (κ1) is 13.5. The highest BCUT2D eigenvalue weighted by molar-refractivity contribution is 5.18. The summed E-state index contributed by atoms with van der Waals surface area (Å²) in [6.07, 6.45) is 1.45. The minimum atomic E-state index is 0.321. The predicted octanol–water partition coefficient (Wildman–Crippen LogP) is 2.06. The standard InChI is InChI=1S/C15H24N2O/c1-3-15(13-7-5-4-6-8-13)17(2)12-14-11-16-9-10-18-14/h4-8,14-16H,3,9-12H2,1-2H3. The number of likely N-dealkylation sites (N-methyl/N-ethyl adjacent to an activating group) is 1. The second kappa shape index (κ2) is 6.88. The number of hydrogen-bond acceptors (Lipinski definition) is 3. The third-order valence-corrected chi connectivity index (χ3v) is 3.60. The number of nitrogens with zero attached hydrogens (tertiary/aromatic N) is 1. The molecule has 1 aromatic rings. The normalized spacial score (nSPS) is 22.1. The van der Waals surface area contributed by atoms with Gasteiger partial charge in [0.1, 0.15) is 0 Å². The molecule has 1 N–H and O–H groups in total. The maximum absolute atomic E-state index is 5.77. The summed E-state index contributed by atoms with van der Waals surface area (Å²) in [6.45, 7) is 6.01. The molecule has 18 heavy (non-hydrogen) atoms. The second-order valence-electron chi connectivity index (χ2n) is 4.97. The first-order valence-corrected chi connectivity index (χ1v) is 6.88. The average molecular weight is 248 g/mol. The SMILES string of the molecule is CCC(c1ccccc1)N(C)CC1CNCCO1. The van der Waals surface area contributed by atoms with E-state index in [4.69, 9.17) is 4.74 Å². The highest BCUT2D eigenvalue weighted by atomic mass is 16.5. The maximum atomic E-state index is 5.77. The molecule has 1 aromatic carbocycles. The van der Waals surface area contributed by atoms with Crippen LogP contribution in [0.25, 0.3) is 0 Å². The van der Waals surface area contributed by atoms with Gasteiger partial charge >= 0.3 is 0 Å². The molecule has 0 aromatic heterocycles. The van der Waals surface area contributed by atoms with Crippen LogP contribution in [0.4, 0.5) is 0 Å². The van der Waals surface area contributed by atoms with Gasteiger partial charge in [-0.05, 0) is 19.0 Å². The zero-order chi connectivity index (χ0) is 12.8. The van der Waals surface area contributed by atoms with Crippen LogP contribution in [0, 0.1) is 0 Å². The Hall–Kier alpha value is -0.900. The third kappa shape index (κ3) is 3.55. The molecule has 100 valence electrons. The number of nitrogens with one attached hydrogen (secondary N) is 1. The van der Waals surface area contributed by atoms with Crippen LogP contribution in [0.5, 0.6) is 0 Å². The minimum Gasteiger partial charge on any atom is -0.374 e. The van der Waals surface area contributed by atoms with Crippen molar-refractivity contribution in [1.29, 1.82) is 0 Å². The number of benzene rings is 1. The van der Waals surface area contributed by atoms with Crippen molar-refractivity contribution < 1.29 is 4.74 Å². The summed E-state index contributed by atoms with van der Waals surface area (Å²) >= 11 is 0. The predicted molar refractivity (Wildman–Crippen MR) is 74.7 cm³/mol. The van der Waals surface area contributed by atoms with Gasteiger partial charge in [-0.2, -0.15) is 0 Å². The molecule has 1 aliphatic rings. The van der Waals surface area contributed by atoms with E-state index in [1.54, 1.807) is 0 Å². The fourth-order valence-corrected chi connectivity index (χ4v) is 2.66. The topological polar surface area (TPSA) is 24.5 Å². The van der Waals surface area contributed by atoms with E-state index in [1.807, 2.05) is 0 Å². The molecule has 2 rings (SSSR count). The summed E-state index contributed by atoms with van der Waals surface area (Å²) in [7, 11) is 2.19. The molecule has 1 fully saturated rings. The van der Waals surface area contributed by atoms with Gasteiger partial charge in [0.2, 0.25) is 0 Å². The first-order valence-electron chi connectivity index (χ1n) is 6.88. The zero-order valence-corrected chi connectivity index (χ0v) is 11.4. The van der Waals surface area contributed by atoms with E-state index >= 15 is 0 Å². The molecule has 0 radical (unpaired) electrons. The lowest BCUT2D eigenvalue weighted by molar-refractivity contribution is 0.00227. The van der Waals surface area contributed by atoms with Crippen molar-refractivity contribution in [3.63, 3.8) is 0 Å². The van der Waals surface area contributed by atoms with Crippen LogP contribution in [0.3, 0.4) is 0 Å². The Morgan fingerprint density at radius 3 is 2.78 bits per heavy atom. The van der Waals surface area contributed by atoms with Crippen LogP contribution in [-0.4, -0.2) is 44.3 Å². The molecule has 0 spiro atoms. The zero-order valence-electron chi connectivity index (χ0n) is 11.4. The van der Waals surface area contributed by atoms with Gasteiger partial charge in [0.05, 0.1) is 12.7 Å². The van der Waals surface area contributed by atoms with E-state index in [1.165, 1.54) is 5.56 Å². The number of morpholine rings is 1. The van der Waals surface area contributed by atoms with Crippen LogP contribution >= 0.6 is 0 Å². The molecule has 1 aliphatic heterocycles. The highest BCUT2D eigenvalue weighted by Gasteiger charge is 2.20. The van der Waals surface area contributed by atoms with Gasteiger partial charge in [0.25, 0.3) is 0 Å². The van der Waals surface area contributed by atoms with Crippen LogP contribution in [0.1, 0.15) is 24.9 Å². The van der Waals surface area contributed by atoms with Crippen LogP contribution < -0.4 is 5.32 Å². The van der Waals surface area contributed by atoms with Crippen molar-refractivity contribution in [1.82, 2.24) is 10.2 Å². The molecule has 1 heterocycles. The van der Waals surface area contributed by atoms with E-state index < -0.39 is 0 Å². The summed E-state index contributed by atoms with van der Waals surface area (Å²) < 4.78 is 5.77. The van der Waals surface area contributed by atoms with Gasteiger partial charge in [0.15, 0.2) is 0 Å². The molecular formula is C15H24N2O. The molecule has 3 nitrogen and oxygen atoms in total. The van der Waals surface area contributed by atoms with Crippen molar-refractivity contribution in [3.8, 4) is 0 Å². The summed E-state index contributed by atoms with van der Waals surface area (Å²) in [6, 6.07) is 11.2. The van der Waals surface area contributed by atoms with Gasteiger partial charge in [-0.25, -0.2) is 0 Å². The smallest absolute Gasteiger partial charge is 0.0826 e. The third-order valence-electron chi connectivity index (χ3n) is 3.60. The summed E-state index contributed by atoms with van der Waals surface area (Å²) in [5, 5.41) is 3.39. The van der Waals surface area contributed by atoms with Crippen molar-refractivity contribution in [3.05, 3.63) is 35.9 Å². The first-order chi connectivity index (χ1) is 8.81. The Labute approximate surface area is 110 Å². The molecule has 1 saturated heterocycles. The van der Waals surface area contributed by atoms with Crippen LogP contribution in [-0.2, 0) is 4.74 Å². The van der Waals surface area contributed by atoms with Crippen molar-refractivity contribution in [2.75, 3.05) is 33.3 Å². The van der Waals surface area contributed by atoms with Gasteiger partial charge < -0.3 is 10.1 Å². The van der Waals surface area contributed by atoms with Gasteiger partial charge in [-0.1, -0.05) is 37.3 Å². The Morgan fingerprint density at radius 2 is 2.17 bits per heavy atom. The Morgan fingerprint density at radius 1 is 1.39 bits per heavy atom. The molecule has 0 amide bonds. The molecule has 0 saturated carbocycles. The summed E-state index contributed by atoms with van der Waals surface area (Å²) in [5.41, 5.74) is 1.39. The molecule has 3 heteroatoms. The lowest BCUT2D eigenvalue weighted by Gasteiger charge is -2.33. The fraction of sp³-hybridized carbons (Fsp3) is 0.600. The van der Waals surface area contributed by atoms with Gasteiger partial charge in [0, 0.05) is 25.7 Å². The molecule has 0 bridgehead atoms.